The number of Topliss-reactive ketones (excluding diaryl/α,β-unsaturated/α-hetero) is 1. The Bertz CT molecular complexity index is 1220. The molecule has 5 rings (SSSR count). The second-order valence-electron chi connectivity index (χ2n) is 9.93. The van der Waals surface area contributed by atoms with Crippen molar-refractivity contribution in [2.24, 2.45) is 0 Å². The van der Waals surface area contributed by atoms with Gasteiger partial charge in [-0.3, -0.25) is 14.5 Å². The summed E-state index contributed by atoms with van der Waals surface area (Å²) in [7, 11) is 0. The molecule has 0 radical (unpaired) electrons. The largest absolute Gasteiger partial charge is 0.507 e. The second-order valence-corrected chi connectivity index (χ2v) is 9.93. The summed E-state index contributed by atoms with van der Waals surface area (Å²) >= 11 is 0. The van der Waals surface area contributed by atoms with Crippen molar-refractivity contribution >= 4 is 17.4 Å². The number of likely N-dealkylation sites (tertiary alicyclic amines) is 1. The number of benzene rings is 2. The number of rotatable bonds is 10. The first-order valence-corrected chi connectivity index (χ1v) is 13.8. The van der Waals surface area contributed by atoms with Crippen LogP contribution in [0.3, 0.4) is 0 Å². The van der Waals surface area contributed by atoms with E-state index in [2.05, 4.69) is 11.8 Å². The quantitative estimate of drug-likeness (QED) is 0.212. The fraction of sp³-hybridized carbons (Fsp3) is 0.467. The zero-order valence-corrected chi connectivity index (χ0v) is 22.4. The number of aliphatic hydroxyl groups is 1. The molecule has 0 aromatic heterocycles. The van der Waals surface area contributed by atoms with Gasteiger partial charge in [-0.1, -0.05) is 25.5 Å². The van der Waals surface area contributed by atoms with Crippen LogP contribution in [0.25, 0.3) is 5.76 Å². The van der Waals surface area contributed by atoms with E-state index in [0.29, 0.717) is 74.4 Å². The lowest BCUT2D eigenvalue weighted by Gasteiger charge is -2.29. The molecule has 208 valence electrons. The maximum Gasteiger partial charge on any atom is 0.295 e. The number of aliphatic hydroxyl groups excluding tert-OH is 1. The van der Waals surface area contributed by atoms with E-state index in [4.69, 9.17) is 18.9 Å². The third-order valence-corrected chi connectivity index (χ3v) is 7.27. The first-order chi connectivity index (χ1) is 19.1. The van der Waals surface area contributed by atoms with Crippen LogP contribution in [-0.2, 0) is 14.3 Å². The topological polar surface area (TPSA) is 97.8 Å². The molecule has 2 saturated heterocycles. The van der Waals surface area contributed by atoms with Gasteiger partial charge in [-0.25, -0.2) is 0 Å². The molecule has 2 aromatic carbocycles. The van der Waals surface area contributed by atoms with Gasteiger partial charge in [0.25, 0.3) is 11.7 Å². The molecule has 9 nitrogen and oxygen atoms in total. The highest BCUT2D eigenvalue weighted by molar-refractivity contribution is 6.46. The third kappa shape index (κ3) is 6.04. The molecule has 0 spiro atoms. The molecule has 0 unspecified atom stereocenters. The summed E-state index contributed by atoms with van der Waals surface area (Å²) in [6, 6.07) is 11.7. The average molecular weight is 537 g/mol. The molecule has 0 aliphatic carbocycles. The lowest BCUT2D eigenvalue weighted by molar-refractivity contribution is -0.140. The molecule has 1 amide bonds. The van der Waals surface area contributed by atoms with E-state index in [-0.39, 0.29) is 11.3 Å². The van der Waals surface area contributed by atoms with Crippen LogP contribution in [0.15, 0.2) is 48.0 Å². The van der Waals surface area contributed by atoms with Crippen LogP contribution in [0.2, 0.25) is 0 Å². The summed E-state index contributed by atoms with van der Waals surface area (Å²) in [5.41, 5.74) is 1.17. The van der Waals surface area contributed by atoms with Crippen LogP contribution in [-0.4, -0.2) is 85.8 Å². The predicted molar refractivity (Wildman–Crippen MR) is 145 cm³/mol. The molecular formula is C30H36N2O7. The normalized spacial score (nSPS) is 20.8. The minimum absolute atomic E-state index is 0.0637. The second kappa shape index (κ2) is 12.5. The van der Waals surface area contributed by atoms with Gasteiger partial charge in [0, 0.05) is 31.7 Å². The van der Waals surface area contributed by atoms with E-state index < -0.39 is 17.7 Å². The summed E-state index contributed by atoms with van der Waals surface area (Å²) in [6.45, 7) is 7.80. The van der Waals surface area contributed by atoms with Crippen molar-refractivity contribution in [3.63, 3.8) is 0 Å². The molecule has 1 atom stereocenters. The van der Waals surface area contributed by atoms with Crippen molar-refractivity contribution in [1.82, 2.24) is 9.80 Å². The maximum atomic E-state index is 13.4. The van der Waals surface area contributed by atoms with Gasteiger partial charge in [0.1, 0.15) is 24.7 Å². The number of hydrogen-bond acceptors (Lipinski definition) is 8. The number of ether oxygens (including phenoxy) is 4. The fourth-order valence-electron chi connectivity index (χ4n) is 5.20. The molecule has 2 aromatic rings. The number of nitrogens with zero attached hydrogens (tertiary/aromatic N) is 2. The van der Waals surface area contributed by atoms with Crippen molar-refractivity contribution in [3.8, 4) is 17.2 Å². The van der Waals surface area contributed by atoms with Crippen molar-refractivity contribution in [1.29, 1.82) is 0 Å². The number of hydrogen-bond donors (Lipinski definition) is 1. The SMILES string of the molecule is CCCCOc1cccc([C@@H]2/C(=C(\O)c3ccc4c(c3)OCCO4)C(=O)C(=O)N2CCCN2CCOCC2)c1. The van der Waals surface area contributed by atoms with Crippen molar-refractivity contribution in [3.05, 3.63) is 59.2 Å². The third-order valence-electron chi connectivity index (χ3n) is 7.27. The van der Waals surface area contributed by atoms with E-state index in [1.807, 2.05) is 24.3 Å². The number of fused-ring (bicyclic) bond motifs is 1. The Labute approximate surface area is 228 Å². The highest BCUT2D eigenvalue weighted by atomic mass is 16.6. The molecule has 0 bridgehead atoms. The van der Waals surface area contributed by atoms with Gasteiger partial charge in [0.2, 0.25) is 0 Å². The van der Waals surface area contributed by atoms with E-state index >= 15 is 0 Å². The van der Waals surface area contributed by atoms with E-state index in [0.717, 1.165) is 32.5 Å². The van der Waals surface area contributed by atoms with Gasteiger partial charge in [-0.2, -0.15) is 0 Å². The van der Waals surface area contributed by atoms with Crippen LogP contribution in [0, 0.1) is 0 Å². The Morgan fingerprint density at radius 2 is 1.77 bits per heavy atom. The first-order valence-electron chi connectivity index (χ1n) is 13.8. The molecule has 39 heavy (non-hydrogen) atoms. The van der Waals surface area contributed by atoms with Gasteiger partial charge < -0.3 is 29.0 Å². The zero-order valence-electron chi connectivity index (χ0n) is 22.4. The van der Waals surface area contributed by atoms with E-state index in [1.54, 1.807) is 23.1 Å². The fourth-order valence-corrected chi connectivity index (χ4v) is 5.20. The Hall–Kier alpha value is -3.56. The lowest BCUT2D eigenvalue weighted by Crippen LogP contribution is -2.38. The van der Waals surface area contributed by atoms with Gasteiger partial charge in [-0.15, -0.1) is 0 Å². The number of ketones is 1. The van der Waals surface area contributed by atoms with Crippen LogP contribution >= 0.6 is 0 Å². The summed E-state index contributed by atoms with van der Waals surface area (Å²) in [6.07, 6.45) is 2.63. The van der Waals surface area contributed by atoms with Crippen molar-refractivity contribution in [2.75, 3.05) is 59.2 Å². The molecular weight excluding hydrogens is 500 g/mol. The molecule has 2 fully saturated rings. The lowest BCUT2D eigenvalue weighted by atomic mass is 9.95. The summed E-state index contributed by atoms with van der Waals surface area (Å²) < 4.78 is 22.6. The van der Waals surface area contributed by atoms with Gasteiger partial charge in [0.05, 0.1) is 31.4 Å². The van der Waals surface area contributed by atoms with Crippen LogP contribution in [0.5, 0.6) is 17.2 Å². The number of carbonyl (C=O) groups excluding carboxylic acids is 2. The standard InChI is InChI=1S/C30H36N2O7/c1-2-3-14-37-23-7-4-6-21(19-23)27-26(28(33)22-8-9-24-25(20-22)39-18-17-38-24)29(34)30(35)32(27)11-5-10-31-12-15-36-16-13-31/h4,6-9,19-20,27,33H,2-3,5,10-18H2,1H3/b28-26+/t27-/m1/s1. The summed E-state index contributed by atoms with van der Waals surface area (Å²) in [5, 5.41) is 11.5. The highest BCUT2D eigenvalue weighted by Crippen LogP contribution is 2.41. The van der Waals surface area contributed by atoms with Crippen LogP contribution < -0.4 is 14.2 Å². The maximum absolute atomic E-state index is 13.4. The Kier molecular flexibility index (Phi) is 8.68. The number of morpholine rings is 1. The molecule has 3 aliphatic heterocycles. The summed E-state index contributed by atoms with van der Waals surface area (Å²) in [4.78, 5) is 30.7. The van der Waals surface area contributed by atoms with Gasteiger partial charge in [0.15, 0.2) is 11.5 Å². The molecule has 3 heterocycles. The number of unbranched alkanes of at least 4 members (excludes halogenated alkanes) is 1. The monoisotopic (exact) mass is 536 g/mol. The molecule has 9 heteroatoms. The highest BCUT2D eigenvalue weighted by Gasteiger charge is 2.46. The van der Waals surface area contributed by atoms with Crippen molar-refractivity contribution < 1.29 is 33.6 Å². The van der Waals surface area contributed by atoms with Crippen LogP contribution in [0.4, 0.5) is 0 Å². The first kappa shape index (κ1) is 27.0. The summed E-state index contributed by atoms with van der Waals surface area (Å²) in [5.74, 6) is 0.194. The van der Waals surface area contributed by atoms with Gasteiger partial charge in [-0.05, 0) is 48.7 Å². The smallest absolute Gasteiger partial charge is 0.295 e. The Morgan fingerprint density at radius 3 is 2.56 bits per heavy atom. The minimum atomic E-state index is -0.738. The minimum Gasteiger partial charge on any atom is -0.507 e. The number of amides is 1. The van der Waals surface area contributed by atoms with Crippen LogP contribution in [0.1, 0.15) is 43.4 Å². The Balaban J connectivity index is 1.48. The number of carbonyl (C=O) groups is 2. The average Bonchev–Trinajstić information content (AvgIpc) is 3.22. The Morgan fingerprint density at radius 1 is 0.974 bits per heavy atom. The predicted octanol–water partition coefficient (Wildman–Crippen LogP) is 3.78. The molecule has 1 N–H and O–H groups in total. The van der Waals surface area contributed by atoms with E-state index in [1.165, 1.54) is 0 Å². The van der Waals surface area contributed by atoms with Crippen molar-refractivity contribution in [2.45, 2.75) is 32.2 Å². The molecule has 0 saturated carbocycles. The van der Waals surface area contributed by atoms with Gasteiger partial charge >= 0.3 is 0 Å². The molecule has 3 aliphatic rings. The zero-order chi connectivity index (χ0) is 27.2. The van der Waals surface area contributed by atoms with E-state index in [9.17, 15) is 14.7 Å².